The number of amides is 1. The number of aromatic nitrogens is 3. The maximum Gasteiger partial charge on any atom is 0.282 e. The number of benzene rings is 3. The van der Waals surface area contributed by atoms with E-state index in [9.17, 15) is 9.59 Å². The summed E-state index contributed by atoms with van der Waals surface area (Å²) in [5.74, 6) is 1.33. The van der Waals surface area contributed by atoms with E-state index in [1.807, 2.05) is 87.5 Å². The molecule has 2 aromatic heterocycles. The van der Waals surface area contributed by atoms with Gasteiger partial charge in [0.25, 0.3) is 11.5 Å². The lowest BCUT2D eigenvalue weighted by molar-refractivity contribution is -0.118. The van der Waals surface area contributed by atoms with Crippen molar-refractivity contribution in [3.8, 4) is 11.4 Å². The minimum Gasteiger partial charge on any atom is -0.484 e. The van der Waals surface area contributed by atoms with Gasteiger partial charge in [-0.3, -0.25) is 9.59 Å². The predicted molar refractivity (Wildman–Crippen MR) is 183 cm³/mol. The van der Waals surface area contributed by atoms with E-state index in [1.165, 1.54) is 11.1 Å². The highest BCUT2D eigenvalue weighted by atomic mass is 79.9. The first kappa shape index (κ1) is 30.5. The number of rotatable bonds is 8. The van der Waals surface area contributed by atoms with Crippen molar-refractivity contribution in [1.82, 2.24) is 14.2 Å². The van der Waals surface area contributed by atoms with Crippen LogP contribution in [0.25, 0.3) is 16.6 Å². The average Bonchev–Trinajstić information content (AvgIpc) is 3.33. The summed E-state index contributed by atoms with van der Waals surface area (Å²) < 4.78 is 10.2. The maximum absolute atomic E-state index is 13.7. The van der Waals surface area contributed by atoms with E-state index in [2.05, 4.69) is 31.9 Å². The van der Waals surface area contributed by atoms with Gasteiger partial charge in [-0.1, -0.05) is 52.9 Å². The number of halogens is 1. The van der Waals surface area contributed by atoms with Crippen LogP contribution in [-0.4, -0.2) is 33.0 Å². The van der Waals surface area contributed by atoms with Crippen molar-refractivity contribution < 1.29 is 9.53 Å². The molecule has 45 heavy (non-hydrogen) atoms. The molecule has 1 fully saturated rings. The van der Waals surface area contributed by atoms with Crippen molar-refractivity contribution in [2.24, 2.45) is 5.10 Å². The fourth-order valence-corrected chi connectivity index (χ4v) is 6.37. The molecule has 8 nitrogen and oxygen atoms in total. The molecule has 3 aromatic carbocycles. The van der Waals surface area contributed by atoms with Crippen LogP contribution in [0, 0.1) is 20.8 Å². The second-order valence-corrected chi connectivity index (χ2v) is 12.6. The van der Waals surface area contributed by atoms with Gasteiger partial charge >= 0.3 is 0 Å². The fourth-order valence-electron chi connectivity index (χ4n) is 6.01. The molecule has 0 aliphatic heterocycles. The predicted octanol–water partition coefficient (Wildman–Crippen LogP) is 7.82. The van der Waals surface area contributed by atoms with Gasteiger partial charge in [-0.25, -0.2) is 4.98 Å². The highest BCUT2D eigenvalue weighted by Crippen LogP contribution is 2.32. The maximum atomic E-state index is 13.7. The Balaban J connectivity index is 1.22. The highest BCUT2D eigenvalue weighted by molar-refractivity contribution is 9.10. The molecule has 0 bridgehead atoms. The fraction of sp³-hybridized carbons (Fsp3) is 0.278. The number of aryl methyl sites for hydroxylation is 2. The van der Waals surface area contributed by atoms with Crippen LogP contribution >= 0.6 is 15.9 Å². The Kier molecular flexibility index (Phi) is 8.98. The van der Waals surface area contributed by atoms with Crippen LogP contribution in [-0.2, 0) is 4.79 Å². The van der Waals surface area contributed by atoms with Crippen LogP contribution in [0.1, 0.15) is 66.4 Å². The summed E-state index contributed by atoms with van der Waals surface area (Å²) in [6.07, 6.45) is 7.27. The molecular weight excluding hydrogens is 630 g/mol. The standard InChI is InChI=1S/C36H36BrN5O3/c1-23-9-12-29(13-10-23)39-34(43)22-45-31-16-14-30(15-17-31)41-24(2)19-27(25(41)3)21-38-42-35(26-7-5-4-6-8-26)40-33-18-11-28(37)20-32(33)36(42)44/h9-21,26H,4-8,22H2,1-3H3,(H,39,43). The van der Waals surface area contributed by atoms with Gasteiger partial charge in [0.15, 0.2) is 6.61 Å². The van der Waals surface area contributed by atoms with Crippen molar-refractivity contribution in [1.29, 1.82) is 0 Å². The molecule has 230 valence electrons. The largest absolute Gasteiger partial charge is 0.484 e. The number of hydrogen-bond donors (Lipinski definition) is 1. The monoisotopic (exact) mass is 665 g/mol. The smallest absolute Gasteiger partial charge is 0.282 e. The lowest BCUT2D eigenvalue weighted by Gasteiger charge is -2.22. The summed E-state index contributed by atoms with van der Waals surface area (Å²) in [6.45, 7) is 5.99. The van der Waals surface area contributed by atoms with E-state index < -0.39 is 0 Å². The third kappa shape index (κ3) is 6.78. The molecule has 2 heterocycles. The number of fused-ring (bicyclic) bond motifs is 1. The number of carbonyl (C=O) groups is 1. The van der Waals surface area contributed by atoms with Crippen LogP contribution in [0.5, 0.6) is 5.75 Å². The lowest BCUT2D eigenvalue weighted by Crippen LogP contribution is -2.25. The van der Waals surface area contributed by atoms with Crippen LogP contribution in [0.15, 0.2) is 87.2 Å². The Labute approximate surface area is 270 Å². The summed E-state index contributed by atoms with van der Waals surface area (Å²) in [4.78, 5) is 31.0. The number of hydrogen-bond acceptors (Lipinski definition) is 5. The zero-order valence-corrected chi connectivity index (χ0v) is 27.3. The Morgan fingerprint density at radius 2 is 1.73 bits per heavy atom. The Morgan fingerprint density at radius 1 is 1.00 bits per heavy atom. The molecule has 1 aliphatic carbocycles. The molecule has 1 saturated carbocycles. The number of anilines is 1. The van der Waals surface area contributed by atoms with Crippen molar-refractivity contribution in [2.45, 2.75) is 58.8 Å². The topological polar surface area (TPSA) is 90.5 Å². The molecule has 0 unspecified atom stereocenters. The first-order valence-corrected chi connectivity index (χ1v) is 16.1. The van der Waals surface area contributed by atoms with Crippen LogP contribution in [0.4, 0.5) is 5.69 Å². The van der Waals surface area contributed by atoms with Crippen molar-refractivity contribution in [3.05, 3.63) is 116 Å². The van der Waals surface area contributed by atoms with Crippen LogP contribution in [0.2, 0.25) is 0 Å². The van der Waals surface area contributed by atoms with E-state index in [0.717, 1.165) is 69.9 Å². The van der Waals surface area contributed by atoms with E-state index in [-0.39, 0.29) is 24.0 Å². The average molecular weight is 667 g/mol. The second kappa shape index (κ2) is 13.2. The first-order valence-electron chi connectivity index (χ1n) is 15.3. The Morgan fingerprint density at radius 3 is 2.47 bits per heavy atom. The van der Waals surface area contributed by atoms with Gasteiger partial charge in [-0.05, 0) is 94.3 Å². The summed E-state index contributed by atoms with van der Waals surface area (Å²) in [6, 6.07) is 23.0. The number of nitrogens with zero attached hydrogens (tertiary/aromatic N) is 4. The molecule has 9 heteroatoms. The highest BCUT2D eigenvalue weighted by Gasteiger charge is 2.23. The van der Waals surface area contributed by atoms with E-state index in [0.29, 0.717) is 16.7 Å². The zero-order chi connectivity index (χ0) is 31.5. The van der Waals surface area contributed by atoms with Gasteiger partial charge in [0.2, 0.25) is 0 Å². The summed E-state index contributed by atoms with van der Waals surface area (Å²) in [5, 5.41) is 8.15. The third-order valence-corrected chi connectivity index (χ3v) is 8.88. The molecule has 1 amide bonds. The molecule has 1 aliphatic rings. The quantitative estimate of drug-likeness (QED) is 0.171. The number of nitrogens with one attached hydrogen (secondary N) is 1. The van der Waals surface area contributed by atoms with Crippen molar-refractivity contribution in [2.75, 3.05) is 11.9 Å². The minimum absolute atomic E-state index is 0.0851. The van der Waals surface area contributed by atoms with Gasteiger partial charge < -0.3 is 14.6 Å². The van der Waals surface area contributed by atoms with Gasteiger partial charge in [0, 0.05) is 38.7 Å². The number of ether oxygens (including phenoxy) is 1. The number of carbonyl (C=O) groups excluding carboxylic acids is 1. The SMILES string of the molecule is Cc1ccc(NC(=O)COc2ccc(-n3c(C)cc(C=Nn4c(C5CCCCC5)nc5ccc(Br)cc5c4=O)c3C)cc2)cc1. The summed E-state index contributed by atoms with van der Waals surface area (Å²) in [5.41, 5.74) is 6.30. The molecule has 0 saturated heterocycles. The minimum atomic E-state index is -0.219. The summed E-state index contributed by atoms with van der Waals surface area (Å²) in [7, 11) is 0. The van der Waals surface area contributed by atoms with E-state index in [4.69, 9.17) is 14.8 Å². The molecule has 0 spiro atoms. The molecular formula is C36H36BrN5O3. The first-order chi connectivity index (χ1) is 21.8. The summed E-state index contributed by atoms with van der Waals surface area (Å²) >= 11 is 3.49. The second-order valence-electron chi connectivity index (χ2n) is 11.7. The Bertz CT molecular complexity index is 1940. The van der Waals surface area contributed by atoms with Crippen molar-refractivity contribution in [3.63, 3.8) is 0 Å². The van der Waals surface area contributed by atoms with Crippen molar-refractivity contribution >= 4 is 44.6 Å². The molecule has 5 aromatic rings. The van der Waals surface area contributed by atoms with Crippen LogP contribution < -0.4 is 15.6 Å². The lowest BCUT2D eigenvalue weighted by atomic mass is 9.88. The van der Waals surface area contributed by atoms with Gasteiger partial charge in [0.05, 0.1) is 17.1 Å². The normalized spacial score (nSPS) is 13.9. The molecule has 6 rings (SSSR count). The van der Waals surface area contributed by atoms with E-state index in [1.54, 1.807) is 6.21 Å². The molecule has 1 N–H and O–H groups in total. The molecule has 0 atom stereocenters. The van der Waals surface area contributed by atoms with Gasteiger partial charge in [-0.15, -0.1) is 0 Å². The zero-order valence-electron chi connectivity index (χ0n) is 25.7. The Hall–Kier alpha value is -4.50. The van der Waals surface area contributed by atoms with Gasteiger partial charge in [0.1, 0.15) is 11.6 Å². The molecule has 0 radical (unpaired) electrons. The van der Waals surface area contributed by atoms with Gasteiger partial charge in [-0.2, -0.15) is 9.78 Å². The van der Waals surface area contributed by atoms with Crippen LogP contribution in [0.3, 0.4) is 0 Å². The third-order valence-electron chi connectivity index (χ3n) is 8.39. The van der Waals surface area contributed by atoms with E-state index >= 15 is 0 Å².